The lowest BCUT2D eigenvalue weighted by atomic mass is 10.2. The highest BCUT2D eigenvalue weighted by Crippen LogP contribution is 2.14. The van der Waals surface area contributed by atoms with Gasteiger partial charge in [-0.25, -0.2) is 9.97 Å². The van der Waals surface area contributed by atoms with Crippen LogP contribution in [0, 0.1) is 0 Å². The summed E-state index contributed by atoms with van der Waals surface area (Å²) >= 11 is 0. The van der Waals surface area contributed by atoms with E-state index in [9.17, 15) is 4.79 Å². The van der Waals surface area contributed by atoms with Crippen LogP contribution in [0.3, 0.4) is 0 Å². The summed E-state index contributed by atoms with van der Waals surface area (Å²) in [5.74, 6) is 1.43. The molecule has 0 aliphatic heterocycles. The molecule has 122 valence electrons. The Balaban J connectivity index is 1.57. The number of carbonyl (C=O) groups is 1. The Bertz CT molecular complexity index is 817. The van der Waals surface area contributed by atoms with Crippen LogP contribution in [0.1, 0.15) is 16.2 Å². The Morgan fingerprint density at radius 2 is 2.04 bits per heavy atom. The number of nitrogens with zero attached hydrogens (tertiary/aromatic N) is 3. The molecule has 0 spiro atoms. The minimum absolute atomic E-state index is 0.234. The van der Waals surface area contributed by atoms with Gasteiger partial charge in [-0.05, 0) is 12.1 Å². The SMILES string of the molecule is COc1ncccc1C(=O)NCCc1nc(-c2ccccc2)n[nH]1. The predicted octanol–water partition coefficient (Wildman–Crippen LogP) is 1.85. The van der Waals surface area contributed by atoms with E-state index >= 15 is 0 Å². The van der Waals surface area contributed by atoms with Crippen LogP contribution in [0.2, 0.25) is 0 Å². The summed E-state index contributed by atoms with van der Waals surface area (Å²) in [6.45, 7) is 0.431. The Kier molecular flexibility index (Phi) is 4.81. The van der Waals surface area contributed by atoms with E-state index in [0.29, 0.717) is 36.1 Å². The number of rotatable bonds is 6. The van der Waals surface area contributed by atoms with Crippen LogP contribution in [0.4, 0.5) is 0 Å². The van der Waals surface area contributed by atoms with Gasteiger partial charge in [-0.2, -0.15) is 5.10 Å². The van der Waals surface area contributed by atoms with Gasteiger partial charge in [-0.15, -0.1) is 0 Å². The summed E-state index contributed by atoms with van der Waals surface area (Å²) in [7, 11) is 1.48. The minimum atomic E-state index is -0.234. The number of benzene rings is 1. The highest BCUT2D eigenvalue weighted by molar-refractivity contribution is 5.96. The van der Waals surface area contributed by atoms with Gasteiger partial charge < -0.3 is 10.1 Å². The lowest BCUT2D eigenvalue weighted by molar-refractivity contribution is 0.0950. The zero-order valence-corrected chi connectivity index (χ0v) is 13.2. The largest absolute Gasteiger partial charge is 0.480 e. The second kappa shape index (κ2) is 7.36. The summed E-state index contributed by atoms with van der Waals surface area (Å²) in [6.07, 6.45) is 2.13. The highest BCUT2D eigenvalue weighted by atomic mass is 16.5. The lowest BCUT2D eigenvalue weighted by Crippen LogP contribution is -2.26. The summed E-state index contributed by atoms with van der Waals surface area (Å²) in [5, 5.41) is 9.91. The molecule has 3 aromatic rings. The lowest BCUT2D eigenvalue weighted by Gasteiger charge is -2.07. The van der Waals surface area contributed by atoms with E-state index in [0.717, 1.165) is 5.56 Å². The molecule has 0 radical (unpaired) electrons. The molecule has 0 aliphatic rings. The predicted molar refractivity (Wildman–Crippen MR) is 88.6 cm³/mol. The van der Waals surface area contributed by atoms with Crippen LogP contribution >= 0.6 is 0 Å². The van der Waals surface area contributed by atoms with Crippen molar-refractivity contribution in [3.05, 3.63) is 60.0 Å². The molecule has 0 aliphatic carbocycles. The fraction of sp³-hybridized carbons (Fsp3) is 0.176. The third-order valence-electron chi connectivity index (χ3n) is 3.42. The van der Waals surface area contributed by atoms with Gasteiger partial charge >= 0.3 is 0 Å². The molecule has 7 heteroatoms. The van der Waals surface area contributed by atoms with E-state index in [4.69, 9.17) is 4.74 Å². The minimum Gasteiger partial charge on any atom is -0.480 e. The number of H-pyrrole nitrogens is 1. The highest BCUT2D eigenvalue weighted by Gasteiger charge is 2.12. The van der Waals surface area contributed by atoms with Gasteiger partial charge in [0.25, 0.3) is 5.91 Å². The van der Waals surface area contributed by atoms with Crippen molar-refractivity contribution in [2.45, 2.75) is 6.42 Å². The second-order valence-corrected chi connectivity index (χ2v) is 5.04. The first-order valence-electron chi connectivity index (χ1n) is 7.52. The molecule has 24 heavy (non-hydrogen) atoms. The van der Waals surface area contributed by atoms with Crippen molar-refractivity contribution in [3.8, 4) is 17.3 Å². The number of amides is 1. The standard InChI is InChI=1S/C17H17N5O2/c1-24-17-13(8-5-10-19-17)16(23)18-11-9-14-20-15(22-21-14)12-6-3-2-4-7-12/h2-8,10H,9,11H2,1H3,(H,18,23)(H,20,21,22). The van der Waals surface area contributed by atoms with E-state index in [2.05, 4.69) is 25.5 Å². The molecule has 1 amide bonds. The first-order valence-corrected chi connectivity index (χ1v) is 7.52. The number of hydrogen-bond acceptors (Lipinski definition) is 5. The van der Waals surface area contributed by atoms with Crippen molar-refractivity contribution in [2.75, 3.05) is 13.7 Å². The maximum atomic E-state index is 12.2. The molecule has 2 aromatic heterocycles. The van der Waals surface area contributed by atoms with Gasteiger partial charge in [-0.1, -0.05) is 30.3 Å². The summed E-state index contributed by atoms with van der Waals surface area (Å²) in [6, 6.07) is 13.1. The molecule has 0 atom stereocenters. The maximum absolute atomic E-state index is 12.2. The normalized spacial score (nSPS) is 10.4. The molecule has 3 rings (SSSR count). The number of pyridine rings is 1. The van der Waals surface area contributed by atoms with Gasteiger partial charge in [0.05, 0.1) is 7.11 Å². The maximum Gasteiger partial charge on any atom is 0.256 e. The zero-order valence-electron chi connectivity index (χ0n) is 13.2. The number of aromatic amines is 1. The van der Waals surface area contributed by atoms with Crippen molar-refractivity contribution < 1.29 is 9.53 Å². The quantitative estimate of drug-likeness (QED) is 0.722. The molecule has 1 aromatic carbocycles. The Morgan fingerprint density at radius 3 is 2.83 bits per heavy atom. The second-order valence-electron chi connectivity index (χ2n) is 5.04. The zero-order chi connectivity index (χ0) is 16.8. The Hall–Kier alpha value is -3.22. The van der Waals surface area contributed by atoms with Crippen molar-refractivity contribution in [2.24, 2.45) is 0 Å². The van der Waals surface area contributed by atoms with Crippen molar-refractivity contribution in [1.29, 1.82) is 0 Å². The average Bonchev–Trinajstić information content (AvgIpc) is 3.11. The summed E-state index contributed by atoms with van der Waals surface area (Å²) in [5.41, 5.74) is 1.35. The van der Waals surface area contributed by atoms with E-state index in [-0.39, 0.29) is 5.91 Å². The molecule has 2 heterocycles. The molecule has 2 N–H and O–H groups in total. The third-order valence-corrected chi connectivity index (χ3v) is 3.42. The number of methoxy groups -OCH3 is 1. The molecule has 0 saturated carbocycles. The van der Waals surface area contributed by atoms with Gasteiger partial charge in [0.2, 0.25) is 5.88 Å². The van der Waals surface area contributed by atoms with Gasteiger partial charge in [-0.3, -0.25) is 9.89 Å². The number of nitrogens with one attached hydrogen (secondary N) is 2. The van der Waals surface area contributed by atoms with E-state index in [1.165, 1.54) is 7.11 Å². The third kappa shape index (κ3) is 3.57. The number of carbonyl (C=O) groups excluding carboxylic acids is 1. The van der Waals surface area contributed by atoms with E-state index in [1.807, 2.05) is 30.3 Å². The smallest absolute Gasteiger partial charge is 0.256 e. The number of ether oxygens (including phenoxy) is 1. The number of aromatic nitrogens is 4. The first kappa shape index (κ1) is 15.7. The molecule has 7 nitrogen and oxygen atoms in total. The molecule has 0 saturated heterocycles. The van der Waals surface area contributed by atoms with Crippen LogP contribution < -0.4 is 10.1 Å². The van der Waals surface area contributed by atoms with E-state index < -0.39 is 0 Å². The summed E-state index contributed by atoms with van der Waals surface area (Å²) in [4.78, 5) is 20.6. The van der Waals surface area contributed by atoms with Crippen LogP contribution in [0.25, 0.3) is 11.4 Å². The molecular weight excluding hydrogens is 306 g/mol. The monoisotopic (exact) mass is 323 g/mol. The van der Waals surface area contributed by atoms with Crippen LogP contribution in [0.15, 0.2) is 48.7 Å². The molecule has 0 fully saturated rings. The average molecular weight is 323 g/mol. The molecular formula is C17H17N5O2. The molecule has 0 unspecified atom stereocenters. The van der Waals surface area contributed by atoms with Crippen LogP contribution in [-0.2, 0) is 6.42 Å². The fourth-order valence-electron chi connectivity index (χ4n) is 2.24. The van der Waals surface area contributed by atoms with Crippen molar-refractivity contribution in [3.63, 3.8) is 0 Å². The topological polar surface area (TPSA) is 92.8 Å². The van der Waals surface area contributed by atoms with E-state index in [1.54, 1.807) is 18.3 Å². The summed E-state index contributed by atoms with van der Waals surface area (Å²) < 4.78 is 5.08. The fourth-order valence-corrected chi connectivity index (χ4v) is 2.24. The van der Waals surface area contributed by atoms with Gasteiger partial charge in [0.15, 0.2) is 5.82 Å². The van der Waals surface area contributed by atoms with Gasteiger partial charge in [0.1, 0.15) is 11.4 Å². The van der Waals surface area contributed by atoms with Crippen LogP contribution in [0.5, 0.6) is 5.88 Å². The number of hydrogen-bond donors (Lipinski definition) is 2. The Morgan fingerprint density at radius 1 is 1.21 bits per heavy atom. The first-order chi connectivity index (χ1) is 11.8. The van der Waals surface area contributed by atoms with Gasteiger partial charge in [0, 0.05) is 24.7 Å². The molecule has 0 bridgehead atoms. The Labute approximate surface area is 139 Å². The van der Waals surface area contributed by atoms with Crippen molar-refractivity contribution >= 4 is 5.91 Å². The van der Waals surface area contributed by atoms with Crippen molar-refractivity contribution in [1.82, 2.24) is 25.5 Å². The van der Waals surface area contributed by atoms with Crippen LogP contribution in [-0.4, -0.2) is 39.7 Å².